The Morgan fingerprint density at radius 3 is 2.41 bits per heavy atom. The molecule has 5 heteroatoms. The molecule has 0 atom stereocenters. The Morgan fingerprint density at radius 1 is 1.24 bits per heavy atom. The minimum Gasteiger partial charge on any atom is -0.481 e. The topological polar surface area (TPSA) is 74.6 Å². The summed E-state index contributed by atoms with van der Waals surface area (Å²) in [4.78, 5) is 21.3. The maximum atomic E-state index is 10.6. The van der Waals surface area contributed by atoms with E-state index in [-0.39, 0.29) is 6.42 Å². The molecular weight excluding hydrogens is 244 g/mol. The van der Waals surface area contributed by atoms with Gasteiger partial charge in [-0.05, 0) is 37.0 Å². The third-order valence-electron chi connectivity index (χ3n) is 2.44. The molecule has 0 amide bonds. The lowest BCUT2D eigenvalue weighted by Gasteiger charge is -2.07. The largest absolute Gasteiger partial charge is 0.481 e. The minimum atomic E-state index is -1.32. The summed E-state index contributed by atoms with van der Waals surface area (Å²) in [6, 6.07) is 7.23. The van der Waals surface area contributed by atoms with Gasteiger partial charge >= 0.3 is 11.9 Å². The van der Waals surface area contributed by atoms with Crippen LogP contribution in [-0.2, 0) is 16.0 Å². The van der Waals surface area contributed by atoms with Crippen LogP contribution in [0.4, 0.5) is 0 Å². The van der Waals surface area contributed by atoms with E-state index in [4.69, 9.17) is 21.8 Å². The van der Waals surface area contributed by atoms with Gasteiger partial charge < -0.3 is 10.2 Å². The van der Waals surface area contributed by atoms with Crippen LogP contribution in [0.5, 0.6) is 0 Å². The van der Waals surface area contributed by atoms with Gasteiger partial charge in [-0.1, -0.05) is 23.7 Å². The first kappa shape index (κ1) is 13.5. The highest BCUT2D eigenvalue weighted by atomic mass is 35.5. The molecule has 0 heterocycles. The molecule has 0 bridgehead atoms. The van der Waals surface area contributed by atoms with Crippen molar-refractivity contribution in [3.8, 4) is 0 Å². The van der Waals surface area contributed by atoms with E-state index in [1.54, 1.807) is 12.1 Å². The van der Waals surface area contributed by atoms with Crippen molar-refractivity contribution in [1.29, 1.82) is 0 Å². The molecule has 0 unspecified atom stereocenters. The van der Waals surface area contributed by atoms with Crippen molar-refractivity contribution < 1.29 is 19.8 Å². The lowest BCUT2D eigenvalue weighted by molar-refractivity contribution is -0.154. The lowest BCUT2D eigenvalue weighted by Crippen LogP contribution is -2.23. The van der Waals surface area contributed by atoms with Gasteiger partial charge in [0.25, 0.3) is 0 Å². The lowest BCUT2D eigenvalue weighted by atomic mass is 10.00. The van der Waals surface area contributed by atoms with Gasteiger partial charge in [0.05, 0.1) is 0 Å². The van der Waals surface area contributed by atoms with Gasteiger partial charge in [-0.3, -0.25) is 9.59 Å². The van der Waals surface area contributed by atoms with Crippen LogP contribution in [-0.4, -0.2) is 22.2 Å². The molecule has 1 aromatic carbocycles. The molecule has 0 aliphatic carbocycles. The molecule has 0 aromatic heterocycles. The Hall–Kier alpha value is -1.55. The first-order chi connectivity index (χ1) is 8.00. The number of halogens is 1. The Kier molecular flexibility index (Phi) is 4.97. The quantitative estimate of drug-likeness (QED) is 0.767. The summed E-state index contributed by atoms with van der Waals surface area (Å²) >= 11 is 5.80. The monoisotopic (exact) mass is 256 g/mol. The Labute approximate surface area is 104 Å². The number of hydrogen-bond acceptors (Lipinski definition) is 2. The second-order valence-corrected chi connectivity index (χ2v) is 4.19. The third kappa shape index (κ3) is 4.44. The Morgan fingerprint density at radius 2 is 1.88 bits per heavy atom. The molecule has 1 rings (SSSR count). The van der Waals surface area contributed by atoms with Crippen molar-refractivity contribution in [3.63, 3.8) is 0 Å². The van der Waals surface area contributed by atoms with Crippen LogP contribution in [0, 0.1) is 5.92 Å². The molecule has 0 aliphatic rings. The molecule has 92 valence electrons. The average Bonchev–Trinajstić information content (AvgIpc) is 2.23. The van der Waals surface area contributed by atoms with E-state index < -0.39 is 17.9 Å². The molecular formula is C12H13ClO4. The van der Waals surface area contributed by atoms with E-state index in [1.807, 2.05) is 12.1 Å². The zero-order chi connectivity index (χ0) is 12.8. The van der Waals surface area contributed by atoms with Crippen LogP contribution in [0.2, 0.25) is 5.02 Å². The van der Waals surface area contributed by atoms with Crippen LogP contribution in [0.15, 0.2) is 24.3 Å². The van der Waals surface area contributed by atoms with Crippen molar-refractivity contribution in [2.24, 2.45) is 5.92 Å². The van der Waals surface area contributed by atoms with Crippen LogP contribution >= 0.6 is 11.6 Å². The SMILES string of the molecule is O=C(O)C(CCCc1cccc(Cl)c1)C(=O)O. The van der Waals surface area contributed by atoms with Gasteiger partial charge in [-0.25, -0.2) is 0 Å². The highest BCUT2D eigenvalue weighted by molar-refractivity contribution is 6.30. The normalized spacial score (nSPS) is 10.5. The second kappa shape index (κ2) is 6.25. The maximum Gasteiger partial charge on any atom is 0.317 e. The van der Waals surface area contributed by atoms with Crippen LogP contribution in [0.1, 0.15) is 18.4 Å². The molecule has 17 heavy (non-hydrogen) atoms. The standard InChI is InChI=1S/C12H13ClO4/c13-9-5-1-3-8(7-9)4-2-6-10(11(14)15)12(16)17/h1,3,5,7,10H,2,4,6H2,(H,14,15)(H,16,17). The number of hydrogen-bond donors (Lipinski definition) is 2. The molecule has 1 aromatic rings. The molecule has 0 radical (unpaired) electrons. The van der Waals surface area contributed by atoms with Crippen molar-refractivity contribution >= 4 is 23.5 Å². The summed E-state index contributed by atoms with van der Waals surface area (Å²) in [5.74, 6) is -3.90. The molecule has 2 N–H and O–H groups in total. The van der Waals surface area contributed by atoms with Crippen LogP contribution in [0.25, 0.3) is 0 Å². The van der Waals surface area contributed by atoms with Gasteiger partial charge in [-0.15, -0.1) is 0 Å². The number of aryl methyl sites for hydroxylation is 1. The average molecular weight is 257 g/mol. The van der Waals surface area contributed by atoms with Crippen molar-refractivity contribution in [3.05, 3.63) is 34.9 Å². The predicted octanol–water partition coefficient (Wildman–Crippen LogP) is 2.45. The van der Waals surface area contributed by atoms with E-state index in [0.717, 1.165) is 5.56 Å². The van der Waals surface area contributed by atoms with Gasteiger partial charge in [0.15, 0.2) is 5.92 Å². The van der Waals surface area contributed by atoms with Gasteiger partial charge in [0.2, 0.25) is 0 Å². The highest BCUT2D eigenvalue weighted by Gasteiger charge is 2.24. The smallest absolute Gasteiger partial charge is 0.317 e. The number of benzene rings is 1. The van der Waals surface area contributed by atoms with Gasteiger partial charge in [0, 0.05) is 5.02 Å². The van der Waals surface area contributed by atoms with Crippen molar-refractivity contribution in [2.75, 3.05) is 0 Å². The number of carboxylic acid groups (broad SMARTS) is 2. The zero-order valence-corrected chi connectivity index (χ0v) is 9.85. The number of carboxylic acids is 2. The fourth-order valence-corrected chi connectivity index (χ4v) is 1.77. The van der Waals surface area contributed by atoms with Crippen molar-refractivity contribution in [2.45, 2.75) is 19.3 Å². The Balaban J connectivity index is 2.46. The predicted molar refractivity (Wildman–Crippen MR) is 63.2 cm³/mol. The molecule has 0 spiro atoms. The zero-order valence-electron chi connectivity index (χ0n) is 9.10. The summed E-state index contributed by atoms with van der Waals surface area (Å²) in [7, 11) is 0. The Bertz CT molecular complexity index is 403. The first-order valence-electron chi connectivity index (χ1n) is 5.20. The summed E-state index contributed by atoms with van der Waals surface area (Å²) in [6.45, 7) is 0. The molecule has 0 fully saturated rings. The number of rotatable bonds is 6. The van der Waals surface area contributed by atoms with E-state index in [9.17, 15) is 9.59 Å². The summed E-state index contributed by atoms with van der Waals surface area (Å²) in [5, 5.41) is 18.0. The number of carbonyl (C=O) groups is 2. The van der Waals surface area contributed by atoms with Crippen molar-refractivity contribution in [1.82, 2.24) is 0 Å². The highest BCUT2D eigenvalue weighted by Crippen LogP contribution is 2.15. The van der Waals surface area contributed by atoms with Gasteiger partial charge in [-0.2, -0.15) is 0 Å². The van der Waals surface area contributed by atoms with E-state index >= 15 is 0 Å². The fourth-order valence-electron chi connectivity index (χ4n) is 1.56. The van der Waals surface area contributed by atoms with Gasteiger partial charge in [0.1, 0.15) is 0 Å². The van der Waals surface area contributed by atoms with Crippen LogP contribution < -0.4 is 0 Å². The molecule has 0 saturated heterocycles. The first-order valence-corrected chi connectivity index (χ1v) is 5.58. The fraction of sp³-hybridized carbons (Fsp3) is 0.333. The maximum absolute atomic E-state index is 10.6. The third-order valence-corrected chi connectivity index (χ3v) is 2.68. The summed E-state index contributed by atoms with van der Waals surface area (Å²) < 4.78 is 0. The van der Waals surface area contributed by atoms with Crippen LogP contribution in [0.3, 0.4) is 0 Å². The molecule has 4 nitrogen and oxygen atoms in total. The summed E-state index contributed by atoms with van der Waals surface area (Å²) in [6.07, 6.45) is 1.25. The summed E-state index contributed by atoms with van der Waals surface area (Å²) in [5.41, 5.74) is 0.979. The molecule has 0 saturated carbocycles. The molecule has 0 aliphatic heterocycles. The second-order valence-electron chi connectivity index (χ2n) is 3.75. The van der Waals surface area contributed by atoms with E-state index in [0.29, 0.717) is 17.9 Å². The number of aliphatic carboxylic acids is 2. The minimum absolute atomic E-state index is 0.122. The van der Waals surface area contributed by atoms with E-state index in [1.165, 1.54) is 0 Å². The van der Waals surface area contributed by atoms with E-state index in [2.05, 4.69) is 0 Å².